The van der Waals surface area contributed by atoms with E-state index in [0.717, 1.165) is 27.3 Å². The van der Waals surface area contributed by atoms with E-state index in [-0.39, 0.29) is 18.9 Å². The number of rotatable bonds is 6. The number of esters is 1. The van der Waals surface area contributed by atoms with Crippen LogP contribution in [0.1, 0.15) is 43.0 Å². The molecule has 0 aliphatic carbocycles. The van der Waals surface area contributed by atoms with Crippen molar-refractivity contribution in [1.82, 2.24) is 5.06 Å². The molecular formula is C18H27NO4. The van der Waals surface area contributed by atoms with Gasteiger partial charge in [0.15, 0.2) is 5.54 Å². The Morgan fingerprint density at radius 2 is 1.65 bits per heavy atom. The Balaban J connectivity index is 3.05. The molecule has 5 nitrogen and oxygen atoms in total. The summed E-state index contributed by atoms with van der Waals surface area (Å²) >= 11 is 0. The molecule has 23 heavy (non-hydrogen) atoms. The van der Waals surface area contributed by atoms with E-state index < -0.39 is 11.5 Å². The molecule has 0 aliphatic heterocycles. The third-order valence-corrected chi connectivity index (χ3v) is 3.86. The summed E-state index contributed by atoms with van der Waals surface area (Å²) in [4.78, 5) is 30.0. The van der Waals surface area contributed by atoms with Gasteiger partial charge >= 0.3 is 5.97 Å². The molecule has 0 fully saturated rings. The van der Waals surface area contributed by atoms with Crippen molar-refractivity contribution < 1.29 is 19.2 Å². The van der Waals surface area contributed by atoms with E-state index in [0.29, 0.717) is 0 Å². The van der Waals surface area contributed by atoms with E-state index >= 15 is 0 Å². The molecule has 0 heterocycles. The highest BCUT2D eigenvalue weighted by molar-refractivity contribution is 5.87. The standard InChI is InChI=1S/C18H27NO4/c1-8-23-17(21)18(5,6)19(22-7)16(20)11-15-13(3)9-12(2)10-14(15)4/h9-10H,8,11H2,1-7H3. The third kappa shape index (κ3) is 4.32. The molecule has 1 aromatic carbocycles. The van der Waals surface area contributed by atoms with E-state index in [4.69, 9.17) is 9.57 Å². The molecule has 128 valence electrons. The van der Waals surface area contributed by atoms with E-state index in [2.05, 4.69) is 0 Å². The molecule has 1 rings (SSSR count). The smallest absolute Gasteiger partial charge is 0.334 e. The van der Waals surface area contributed by atoms with Crippen molar-refractivity contribution in [3.8, 4) is 0 Å². The Labute approximate surface area is 138 Å². The highest BCUT2D eigenvalue weighted by Gasteiger charge is 2.40. The van der Waals surface area contributed by atoms with Gasteiger partial charge in [-0.25, -0.2) is 9.86 Å². The molecule has 0 bridgehead atoms. The van der Waals surface area contributed by atoms with Crippen LogP contribution < -0.4 is 0 Å². The number of benzene rings is 1. The average molecular weight is 321 g/mol. The van der Waals surface area contributed by atoms with Crippen LogP contribution in [-0.4, -0.2) is 36.2 Å². The number of amides is 1. The topological polar surface area (TPSA) is 55.8 Å². The van der Waals surface area contributed by atoms with Gasteiger partial charge in [0.2, 0.25) is 0 Å². The van der Waals surface area contributed by atoms with Crippen LogP contribution in [0.3, 0.4) is 0 Å². The summed E-state index contributed by atoms with van der Waals surface area (Å²) < 4.78 is 5.04. The number of hydroxylamine groups is 2. The first-order chi connectivity index (χ1) is 10.6. The fourth-order valence-corrected chi connectivity index (χ4v) is 2.74. The SMILES string of the molecule is CCOC(=O)C(C)(C)N(OC)C(=O)Cc1c(C)cc(C)cc1C. The summed E-state index contributed by atoms with van der Waals surface area (Å²) in [6.07, 6.45) is 0.175. The number of carbonyl (C=O) groups is 2. The fourth-order valence-electron chi connectivity index (χ4n) is 2.74. The van der Waals surface area contributed by atoms with Crippen molar-refractivity contribution in [2.24, 2.45) is 0 Å². The molecule has 1 aromatic rings. The first-order valence-electron chi connectivity index (χ1n) is 7.76. The van der Waals surface area contributed by atoms with Crippen LogP contribution in [0.2, 0.25) is 0 Å². The van der Waals surface area contributed by atoms with Crippen molar-refractivity contribution >= 4 is 11.9 Å². The van der Waals surface area contributed by atoms with Crippen LogP contribution in [-0.2, 0) is 25.6 Å². The van der Waals surface area contributed by atoms with Gasteiger partial charge in [-0.15, -0.1) is 0 Å². The first kappa shape index (κ1) is 19.2. The van der Waals surface area contributed by atoms with Gasteiger partial charge in [-0.05, 0) is 58.2 Å². The Hall–Kier alpha value is -1.88. The second kappa shape index (κ2) is 7.59. The molecule has 0 atom stereocenters. The van der Waals surface area contributed by atoms with Crippen molar-refractivity contribution in [3.05, 3.63) is 34.4 Å². The third-order valence-electron chi connectivity index (χ3n) is 3.86. The van der Waals surface area contributed by atoms with Crippen LogP contribution in [0.25, 0.3) is 0 Å². The number of hydrogen-bond acceptors (Lipinski definition) is 4. The number of carbonyl (C=O) groups excluding carboxylic acids is 2. The Morgan fingerprint density at radius 1 is 1.13 bits per heavy atom. The molecule has 0 N–H and O–H groups in total. The van der Waals surface area contributed by atoms with Crippen LogP contribution >= 0.6 is 0 Å². The first-order valence-corrected chi connectivity index (χ1v) is 7.76. The lowest BCUT2D eigenvalue weighted by Gasteiger charge is -2.34. The fraction of sp³-hybridized carbons (Fsp3) is 0.556. The van der Waals surface area contributed by atoms with Crippen molar-refractivity contribution in [1.29, 1.82) is 0 Å². The predicted octanol–water partition coefficient (Wildman–Crippen LogP) is 2.89. The summed E-state index contributed by atoms with van der Waals surface area (Å²) in [7, 11) is 1.38. The second-order valence-corrected chi connectivity index (χ2v) is 6.20. The van der Waals surface area contributed by atoms with Crippen LogP contribution in [0.15, 0.2) is 12.1 Å². The van der Waals surface area contributed by atoms with E-state index in [9.17, 15) is 9.59 Å². The van der Waals surface area contributed by atoms with E-state index in [1.54, 1.807) is 20.8 Å². The van der Waals surface area contributed by atoms with E-state index in [1.807, 2.05) is 32.9 Å². The summed E-state index contributed by atoms with van der Waals surface area (Å²) in [6, 6.07) is 4.09. The molecule has 0 spiro atoms. The average Bonchev–Trinajstić information content (AvgIpc) is 2.43. The zero-order chi connectivity index (χ0) is 17.8. The minimum Gasteiger partial charge on any atom is -0.464 e. The molecule has 0 aliphatic rings. The summed E-state index contributed by atoms with van der Waals surface area (Å²) in [5.74, 6) is -0.770. The van der Waals surface area contributed by atoms with Gasteiger partial charge in [0.25, 0.3) is 5.91 Å². The number of ether oxygens (including phenoxy) is 1. The molecule has 0 saturated carbocycles. The van der Waals surface area contributed by atoms with Gasteiger partial charge in [0.05, 0.1) is 20.1 Å². The maximum Gasteiger partial charge on any atom is 0.334 e. The summed E-state index contributed by atoms with van der Waals surface area (Å²) in [5, 5.41) is 1.10. The van der Waals surface area contributed by atoms with Gasteiger partial charge in [-0.2, -0.15) is 0 Å². The van der Waals surface area contributed by atoms with Crippen LogP contribution in [0.4, 0.5) is 0 Å². The maximum atomic E-state index is 12.7. The number of nitrogens with zero attached hydrogens (tertiary/aromatic N) is 1. The highest BCUT2D eigenvalue weighted by atomic mass is 16.7. The largest absolute Gasteiger partial charge is 0.464 e. The van der Waals surface area contributed by atoms with Gasteiger partial charge in [-0.3, -0.25) is 9.63 Å². The minimum absolute atomic E-state index is 0.175. The zero-order valence-corrected chi connectivity index (χ0v) is 15.1. The Morgan fingerprint density at radius 3 is 2.09 bits per heavy atom. The molecule has 5 heteroatoms. The van der Waals surface area contributed by atoms with E-state index in [1.165, 1.54) is 7.11 Å². The van der Waals surface area contributed by atoms with Gasteiger partial charge < -0.3 is 4.74 Å². The molecule has 1 amide bonds. The lowest BCUT2D eigenvalue weighted by molar-refractivity contribution is -0.213. The van der Waals surface area contributed by atoms with Gasteiger partial charge in [-0.1, -0.05) is 17.7 Å². The van der Waals surface area contributed by atoms with Gasteiger partial charge in [0.1, 0.15) is 0 Å². The maximum absolute atomic E-state index is 12.7. The normalized spacial score (nSPS) is 11.3. The second-order valence-electron chi connectivity index (χ2n) is 6.20. The van der Waals surface area contributed by atoms with Crippen molar-refractivity contribution in [2.45, 2.75) is 53.5 Å². The van der Waals surface area contributed by atoms with Crippen LogP contribution in [0.5, 0.6) is 0 Å². The molecule has 0 aromatic heterocycles. The number of hydrogen-bond donors (Lipinski definition) is 0. The molecule has 0 saturated heterocycles. The monoisotopic (exact) mass is 321 g/mol. The molecule has 0 radical (unpaired) electrons. The Bertz CT molecular complexity index is 570. The predicted molar refractivity (Wildman–Crippen MR) is 88.9 cm³/mol. The molecular weight excluding hydrogens is 294 g/mol. The lowest BCUT2D eigenvalue weighted by Crippen LogP contribution is -2.53. The summed E-state index contributed by atoms with van der Waals surface area (Å²) in [5.41, 5.74) is 3.05. The minimum atomic E-state index is -1.19. The van der Waals surface area contributed by atoms with Crippen molar-refractivity contribution in [2.75, 3.05) is 13.7 Å². The van der Waals surface area contributed by atoms with Crippen molar-refractivity contribution in [3.63, 3.8) is 0 Å². The quantitative estimate of drug-likeness (QED) is 0.597. The van der Waals surface area contributed by atoms with Crippen LogP contribution in [0, 0.1) is 20.8 Å². The molecule has 0 unspecified atom stereocenters. The van der Waals surface area contributed by atoms with Gasteiger partial charge in [0, 0.05) is 0 Å². The Kier molecular flexibility index (Phi) is 6.33. The lowest BCUT2D eigenvalue weighted by atomic mass is 9.96. The highest BCUT2D eigenvalue weighted by Crippen LogP contribution is 2.22. The summed E-state index contributed by atoms with van der Waals surface area (Å²) in [6.45, 7) is 11.2. The zero-order valence-electron chi connectivity index (χ0n) is 15.1. The number of aryl methyl sites for hydroxylation is 3.